The van der Waals surface area contributed by atoms with Crippen molar-refractivity contribution in [3.8, 4) is 5.88 Å². The van der Waals surface area contributed by atoms with Crippen molar-refractivity contribution >= 4 is 23.2 Å². The molecule has 0 aliphatic carbocycles. The van der Waals surface area contributed by atoms with Crippen molar-refractivity contribution in [3.63, 3.8) is 0 Å². The molecule has 1 aromatic carbocycles. The summed E-state index contributed by atoms with van der Waals surface area (Å²) in [6.45, 7) is 6.00. The van der Waals surface area contributed by atoms with Crippen LogP contribution in [0.5, 0.6) is 5.88 Å². The van der Waals surface area contributed by atoms with Gasteiger partial charge in [0, 0.05) is 37.8 Å². The van der Waals surface area contributed by atoms with Crippen molar-refractivity contribution in [1.29, 1.82) is 0 Å². The van der Waals surface area contributed by atoms with Crippen LogP contribution in [0.15, 0.2) is 30.5 Å². The van der Waals surface area contributed by atoms with Gasteiger partial charge in [0.15, 0.2) is 0 Å². The number of hydrogen-bond donors (Lipinski definition) is 1. The molecule has 0 unspecified atom stereocenters. The lowest BCUT2D eigenvalue weighted by atomic mass is 9.87. The summed E-state index contributed by atoms with van der Waals surface area (Å²) < 4.78 is 5.93. The van der Waals surface area contributed by atoms with Crippen molar-refractivity contribution in [2.45, 2.75) is 38.1 Å². The van der Waals surface area contributed by atoms with Gasteiger partial charge in [-0.3, -0.25) is 0 Å². The van der Waals surface area contributed by atoms with Gasteiger partial charge in [0.05, 0.1) is 16.7 Å². The molecule has 0 amide bonds. The average Bonchev–Trinajstić information content (AvgIpc) is 2.73. The number of likely N-dealkylation sites (tertiary alicyclic amines) is 1. The van der Waals surface area contributed by atoms with Gasteiger partial charge in [-0.2, -0.15) is 0 Å². The minimum Gasteiger partial charge on any atom is -0.478 e. The van der Waals surface area contributed by atoms with E-state index in [2.05, 4.69) is 21.3 Å². The molecule has 1 aromatic heterocycles. The zero-order valence-corrected chi connectivity index (χ0v) is 17.6. The molecule has 0 radical (unpaired) electrons. The quantitative estimate of drug-likeness (QED) is 0.676. The number of benzene rings is 1. The van der Waals surface area contributed by atoms with Gasteiger partial charge in [-0.25, -0.2) is 4.98 Å². The van der Waals surface area contributed by atoms with Gasteiger partial charge in [0.2, 0.25) is 5.88 Å². The van der Waals surface area contributed by atoms with Crippen LogP contribution in [0.1, 0.15) is 48.3 Å². The molecule has 150 valence electrons. The summed E-state index contributed by atoms with van der Waals surface area (Å²) in [7, 11) is 0. The van der Waals surface area contributed by atoms with Crippen molar-refractivity contribution < 1.29 is 4.74 Å². The molecule has 28 heavy (non-hydrogen) atoms. The molecule has 6 heteroatoms. The Morgan fingerprint density at radius 1 is 1.11 bits per heavy atom. The normalized spacial score (nSPS) is 20.0. The number of hydrogen-bond acceptors (Lipinski definition) is 4. The molecule has 1 fully saturated rings. The molecule has 1 atom stereocenters. The Morgan fingerprint density at radius 2 is 1.96 bits per heavy atom. The van der Waals surface area contributed by atoms with Crippen LogP contribution in [0.3, 0.4) is 0 Å². The summed E-state index contributed by atoms with van der Waals surface area (Å²) >= 11 is 12.3. The van der Waals surface area contributed by atoms with Crippen molar-refractivity contribution in [1.82, 2.24) is 15.2 Å². The smallest absolute Gasteiger partial charge is 0.213 e. The van der Waals surface area contributed by atoms with E-state index in [4.69, 9.17) is 27.9 Å². The first-order valence-corrected chi connectivity index (χ1v) is 11.0. The third-order valence-corrected chi connectivity index (χ3v) is 6.44. The number of piperidine rings is 1. The van der Waals surface area contributed by atoms with E-state index in [0.29, 0.717) is 22.5 Å². The van der Waals surface area contributed by atoms with E-state index in [9.17, 15) is 0 Å². The lowest BCUT2D eigenvalue weighted by Crippen LogP contribution is -2.31. The number of nitrogens with one attached hydrogen (secondary N) is 1. The monoisotopic (exact) mass is 419 g/mol. The third kappa shape index (κ3) is 4.80. The Morgan fingerprint density at radius 3 is 2.79 bits per heavy atom. The number of nitrogens with zero attached hydrogens (tertiary/aromatic N) is 2. The van der Waals surface area contributed by atoms with Gasteiger partial charge in [0.1, 0.15) is 0 Å². The maximum atomic E-state index is 6.22. The summed E-state index contributed by atoms with van der Waals surface area (Å²) in [5.41, 5.74) is 3.63. The van der Waals surface area contributed by atoms with E-state index < -0.39 is 0 Å². The molecule has 1 saturated heterocycles. The first kappa shape index (κ1) is 20.0. The SMILES string of the molecule is Clc1ccc([C@@H]2CNCc3cc(OCCCN4CCCCC4)ncc32)cc1Cl. The summed E-state index contributed by atoms with van der Waals surface area (Å²) in [4.78, 5) is 7.11. The predicted molar refractivity (Wildman–Crippen MR) is 115 cm³/mol. The van der Waals surface area contributed by atoms with Crippen molar-refractivity contribution in [2.75, 3.05) is 32.8 Å². The van der Waals surface area contributed by atoms with Crippen LogP contribution in [0, 0.1) is 0 Å². The zero-order valence-electron chi connectivity index (χ0n) is 16.1. The van der Waals surface area contributed by atoms with Crippen LogP contribution in [0.4, 0.5) is 0 Å². The Bertz CT molecular complexity index is 808. The zero-order chi connectivity index (χ0) is 19.3. The van der Waals surface area contributed by atoms with E-state index in [1.54, 1.807) is 0 Å². The van der Waals surface area contributed by atoms with Crippen LogP contribution in [-0.4, -0.2) is 42.7 Å². The Labute approximate surface area is 177 Å². The number of rotatable bonds is 6. The summed E-state index contributed by atoms with van der Waals surface area (Å²) in [5.74, 6) is 0.938. The van der Waals surface area contributed by atoms with Gasteiger partial charge < -0.3 is 15.0 Å². The molecule has 3 heterocycles. The van der Waals surface area contributed by atoms with E-state index in [1.807, 2.05) is 24.4 Å². The number of ether oxygens (including phenoxy) is 1. The maximum Gasteiger partial charge on any atom is 0.213 e. The number of fused-ring (bicyclic) bond motifs is 1. The minimum absolute atomic E-state index is 0.221. The second kappa shape index (κ2) is 9.45. The molecule has 2 aliphatic rings. The lowest BCUT2D eigenvalue weighted by Gasteiger charge is -2.27. The minimum atomic E-state index is 0.221. The second-order valence-corrected chi connectivity index (χ2v) is 8.50. The van der Waals surface area contributed by atoms with Crippen LogP contribution in [0.25, 0.3) is 0 Å². The highest BCUT2D eigenvalue weighted by molar-refractivity contribution is 6.42. The molecule has 4 nitrogen and oxygen atoms in total. The highest BCUT2D eigenvalue weighted by Crippen LogP contribution is 2.34. The van der Waals surface area contributed by atoms with E-state index in [1.165, 1.54) is 43.5 Å². The molecular formula is C22H27Cl2N3O. The number of aromatic nitrogens is 1. The highest BCUT2D eigenvalue weighted by atomic mass is 35.5. The molecule has 1 N–H and O–H groups in total. The largest absolute Gasteiger partial charge is 0.478 e. The first-order chi connectivity index (χ1) is 13.7. The molecule has 0 spiro atoms. The Balaban J connectivity index is 1.38. The summed E-state index contributed by atoms with van der Waals surface area (Å²) in [6, 6.07) is 7.94. The van der Waals surface area contributed by atoms with Crippen LogP contribution in [0.2, 0.25) is 10.0 Å². The lowest BCUT2D eigenvalue weighted by molar-refractivity contribution is 0.203. The highest BCUT2D eigenvalue weighted by Gasteiger charge is 2.23. The fourth-order valence-electron chi connectivity index (χ4n) is 4.17. The molecular weight excluding hydrogens is 393 g/mol. The topological polar surface area (TPSA) is 37.4 Å². The molecule has 2 aliphatic heterocycles. The van der Waals surface area contributed by atoms with E-state index in [-0.39, 0.29) is 5.92 Å². The van der Waals surface area contributed by atoms with Gasteiger partial charge in [-0.15, -0.1) is 0 Å². The van der Waals surface area contributed by atoms with Crippen LogP contribution in [-0.2, 0) is 6.54 Å². The number of pyridine rings is 1. The van der Waals surface area contributed by atoms with Gasteiger partial charge in [0.25, 0.3) is 0 Å². The van der Waals surface area contributed by atoms with Gasteiger partial charge in [-0.05, 0) is 61.2 Å². The summed E-state index contributed by atoms with van der Waals surface area (Å²) in [5, 5.41) is 4.67. The van der Waals surface area contributed by atoms with Crippen molar-refractivity contribution in [2.24, 2.45) is 0 Å². The average molecular weight is 420 g/mol. The van der Waals surface area contributed by atoms with Crippen molar-refractivity contribution in [3.05, 3.63) is 57.2 Å². The maximum absolute atomic E-state index is 6.22. The standard InChI is InChI=1S/C22H27Cl2N3O/c23-20-6-5-16(11-21(20)24)18-14-25-13-17-12-22(26-15-19(17)18)28-10-4-9-27-7-2-1-3-8-27/h5-6,11-12,15,18,25H,1-4,7-10,13-14H2/t18-/m0/s1. The Hall–Kier alpha value is -1.33. The Kier molecular flexibility index (Phi) is 6.73. The molecule has 2 aromatic rings. The molecule has 4 rings (SSSR count). The summed E-state index contributed by atoms with van der Waals surface area (Å²) in [6.07, 6.45) is 7.05. The predicted octanol–water partition coefficient (Wildman–Crippen LogP) is 4.88. The van der Waals surface area contributed by atoms with E-state index in [0.717, 1.165) is 31.6 Å². The van der Waals surface area contributed by atoms with Crippen LogP contribution < -0.4 is 10.1 Å². The van der Waals surface area contributed by atoms with E-state index >= 15 is 0 Å². The van der Waals surface area contributed by atoms with Gasteiger partial charge >= 0.3 is 0 Å². The first-order valence-electron chi connectivity index (χ1n) is 10.2. The second-order valence-electron chi connectivity index (χ2n) is 7.68. The van der Waals surface area contributed by atoms with Gasteiger partial charge in [-0.1, -0.05) is 35.7 Å². The third-order valence-electron chi connectivity index (χ3n) is 5.70. The fourth-order valence-corrected chi connectivity index (χ4v) is 4.47. The van der Waals surface area contributed by atoms with Crippen LogP contribution >= 0.6 is 23.2 Å². The number of halogens is 2. The molecule has 0 bridgehead atoms. The fraction of sp³-hybridized carbons (Fsp3) is 0.500. The molecule has 0 saturated carbocycles.